The Hall–Kier alpha value is -1.03. The number of likely N-dealkylation sites (N-methyl/N-ethyl adjacent to an activating group) is 1. The zero-order chi connectivity index (χ0) is 7.40. The van der Waals surface area contributed by atoms with Gasteiger partial charge in [-0.05, 0) is 19.1 Å². The van der Waals surface area contributed by atoms with E-state index < -0.39 is 6.23 Å². The molecule has 1 aliphatic heterocycles. The van der Waals surface area contributed by atoms with Gasteiger partial charge in [0, 0.05) is 6.54 Å². The van der Waals surface area contributed by atoms with Gasteiger partial charge in [0.2, 0.25) is 0 Å². The summed E-state index contributed by atoms with van der Waals surface area (Å²) in [5, 5.41) is 15.7. The first-order valence-corrected chi connectivity index (χ1v) is 3.26. The fraction of sp³-hybridized carbons (Fsp3) is 0.500. The lowest BCUT2D eigenvalue weighted by molar-refractivity contribution is 0.185. The molecule has 0 aromatic carbocycles. The Morgan fingerprint density at radius 3 is 3.20 bits per heavy atom. The summed E-state index contributed by atoms with van der Waals surface area (Å²) in [5.41, 5.74) is 2.51. The van der Waals surface area contributed by atoms with Crippen LogP contribution in [0.2, 0.25) is 0 Å². The molecular formula is C6H11N3O. The summed E-state index contributed by atoms with van der Waals surface area (Å²) >= 11 is 0. The standard InChI is InChI=1S/C6H11N3O/c1-2-7-5-3-4-6(10)9-8-5/h3-4,6,9-10H,2H2,1H3,(H,7,8). The smallest absolute Gasteiger partial charge is 0.159 e. The van der Waals surface area contributed by atoms with Gasteiger partial charge < -0.3 is 10.4 Å². The van der Waals surface area contributed by atoms with E-state index in [2.05, 4.69) is 15.8 Å². The Morgan fingerprint density at radius 1 is 1.90 bits per heavy atom. The Balaban J connectivity index is 2.42. The van der Waals surface area contributed by atoms with Crippen molar-refractivity contribution in [3.63, 3.8) is 0 Å². The molecule has 1 heterocycles. The van der Waals surface area contributed by atoms with Gasteiger partial charge in [-0.25, -0.2) is 0 Å². The number of aliphatic hydroxyl groups is 1. The molecule has 0 saturated heterocycles. The van der Waals surface area contributed by atoms with Crippen molar-refractivity contribution in [2.24, 2.45) is 5.10 Å². The minimum Gasteiger partial charge on any atom is -0.369 e. The van der Waals surface area contributed by atoms with E-state index in [-0.39, 0.29) is 0 Å². The Labute approximate surface area is 59.6 Å². The van der Waals surface area contributed by atoms with Gasteiger partial charge in [-0.1, -0.05) is 0 Å². The van der Waals surface area contributed by atoms with E-state index >= 15 is 0 Å². The van der Waals surface area contributed by atoms with Crippen LogP contribution in [0.15, 0.2) is 17.3 Å². The minimum atomic E-state index is -0.637. The highest BCUT2D eigenvalue weighted by molar-refractivity contribution is 5.93. The third kappa shape index (κ3) is 1.73. The first-order chi connectivity index (χ1) is 4.83. The van der Waals surface area contributed by atoms with Crippen LogP contribution in [0.3, 0.4) is 0 Å². The van der Waals surface area contributed by atoms with E-state index in [0.717, 1.165) is 12.4 Å². The highest BCUT2D eigenvalue weighted by atomic mass is 16.3. The van der Waals surface area contributed by atoms with E-state index in [1.807, 2.05) is 6.92 Å². The molecule has 0 fully saturated rings. The van der Waals surface area contributed by atoms with Gasteiger partial charge in [0.25, 0.3) is 0 Å². The third-order valence-electron chi connectivity index (χ3n) is 1.11. The second-order valence-corrected chi connectivity index (χ2v) is 1.96. The predicted molar refractivity (Wildman–Crippen MR) is 39.4 cm³/mol. The first kappa shape index (κ1) is 7.08. The number of rotatable bonds is 1. The van der Waals surface area contributed by atoms with Crippen LogP contribution in [0.1, 0.15) is 6.92 Å². The number of hydrogen-bond donors (Lipinski definition) is 3. The monoisotopic (exact) mass is 141 g/mol. The molecule has 0 aliphatic carbocycles. The van der Waals surface area contributed by atoms with Gasteiger partial charge in [-0.15, -0.1) is 0 Å². The van der Waals surface area contributed by atoms with Crippen LogP contribution in [0.4, 0.5) is 0 Å². The fourth-order valence-electron chi connectivity index (χ4n) is 0.678. The van der Waals surface area contributed by atoms with Crippen molar-refractivity contribution in [3.05, 3.63) is 12.2 Å². The van der Waals surface area contributed by atoms with Crippen LogP contribution in [0.5, 0.6) is 0 Å². The number of nitrogens with zero attached hydrogens (tertiary/aromatic N) is 1. The van der Waals surface area contributed by atoms with E-state index in [4.69, 9.17) is 5.11 Å². The van der Waals surface area contributed by atoms with Gasteiger partial charge in [0.05, 0.1) is 0 Å². The molecule has 0 saturated carbocycles. The molecule has 4 nitrogen and oxygen atoms in total. The largest absolute Gasteiger partial charge is 0.369 e. The second kappa shape index (κ2) is 3.22. The molecule has 0 bridgehead atoms. The van der Waals surface area contributed by atoms with Gasteiger partial charge in [0.15, 0.2) is 6.23 Å². The van der Waals surface area contributed by atoms with Crippen molar-refractivity contribution in [1.82, 2.24) is 10.7 Å². The lowest BCUT2D eigenvalue weighted by Crippen LogP contribution is -2.32. The molecular weight excluding hydrogens is 130 g/mol. The van der Waals surface area contributed by atoms with Gasteiger partial charge >= 0.3 is 0 Å². The zero-order valence-corrected chi connectivity index (χ0v) is 5.83. The molecule has 0 radical (unpaired) electrons. The molecule has 3 N–H and O–H groups in total. The Bertz CT molecular complexity index is 164. The summed E-state index contributed by atoms with van der Waals surface area (Å²) in [4.78, 5) is 0. The maximum atomic E-state index is 8.86. The molecule has 0 aromatic heterocycles. The number of hydrazone groups is 1. The maximum Gasteiger partial charge on any atom is 0.159 e. The van der Waals surface area contributed by atoms with Gasteiger partial charge in [0.1, 0.15) is 5.84 Å². The molecule has 1 aliphatic rings. The third-order valence-corrected chi connectivity index (χ3v) is 1.11. The zero-order valence-electron chi connectivity index (χ0n) is 5.83. The van der Waals surface area contributed by atoms with Crippen LogP contribution >= 0.6 is 0 Å². The average molecular weight is 141 g/mol. The lowest BCUT2D eigenvalue weighted by Gasteiger charge is -2.12. The molecule has 0 amide bonds. The molecule has 56 valence electrons. The van der Waals surface area contributed by atoms with E-state index in [9.17, 15) is 0 Å². The predicted octanol–water partition coefficient (Wildman–Crippen LogP) is -0.613. The molecule has 0 spiro atoms. The highest BCUT2D eigenvalue weighted by Crippen LogP contribution is 1.89. The SMILES string of the molecule is CCNC1=NNC(O)C=C1. The average Bonchev–Trinajstić information content (AvgIpc) is 1.95. The van der Waals surface area contributed by atoms with Crippen molar-refractivity contribution < 1.29 is 5.11 Å². The Kier molecular flexibility index (Phi) is 2.28. The van der Waals surface area contributed by atoms with Crippen molar-refractivity contribution >= 4 is 5.84 Å². The maximum absolute atomic E-state index is 8.86. The summed E-state index contributed by atoms with van der Waals surface area (Å²) in [6.45, 7) is 2.82. The van der Waals surface area contributed by atoms with Crippen molar-refractivity contribution in [1.29, 1.82) is 0 Å². The second-order valence-electron chi connectivity index (χ2n) is 1.96. The quantitative estimate of drug-likeness (QED) is 0.456. The number of nitrogens with one attached hydrogen (secondary N) is 2. The summed E-state index contributed by atoms with van der Waals surface area (Å²) in [6, 6.07) is 0. The van der Waals surface area contributed by atoms with E-state index in [1.54, 1.807) is 12.2 Å². The number of amidine groups is 1. The molecule has 1 rings (SSSR count). The van der Waals surface area contributed by atoms with Gasteiger partial charge in [-0.3, -0.25) is 5.43 Å². The molecule has 0 aromatic rings. The topological polar surface area (TPSA) is 56.7 Å². The van der Waals surface area contributed by atoms with Crippen LogP contribution in [-0.4, -0.2) is 23.7 Å². The molecule has 4 heteroatoms. The summed E-state index contributed by atoms with van der Waals surface area (Å²) in [6.07, 6.45) is 2.73. The normalized spacial score (nSPS) is 23.4. The van der Waals surface area contributed by atoms with Gasteiger partial charge in [-0.2, -0.15) is 5.10 Å². The highest BCUT2D eigenvalue weighted by Gasteiger charge is 2.01. The van der Waals surface area contributed by atoms with Crippen molar-refractivity contribution in [2.75, 3.05) is 6.54 Å². The van der Waals surface area contributed by atoms with Crippen LogP contribution in [0.25, 0.3) is 0 Å². The minimum absolute atomic E-state index is 0.637. The van der Waals surface area contributed by atoms with Crippen LogP contribution in [0, 0.1) is 0 Å². The molecule has 1 unspecified atom stereocenters. The summed E-state index contributed by atoms with van der Waals surface area (Å²) < 4.78 is 0. The summed E-state index contributed by atoms with van der Waals surface area (Å²) in [7, 11) is 0. The fourth-order valence-corrected chi connectivity index (χ4v) is 0.678. The molecule has 1 atom stereocenters. The number of aliphatic hydroxyl groups excluding tert-OH is 1. The molecule has 10 heavy (non-hydrogen) atoms. The number of hydrogen-bond acceptors (Lipinski definition) is 4. The summed E-state index contributed by atoms with van der Waals surface area (Å²) in [5.74, 6) is 0.757. The van der Waals surface area contributed by atoms with Crippen molar-refractivity contribution in [2.45, 2.75) is 13.2 Å². The van der Waals surface area contributed by atoms with Crippen molar-refractivity contribution in [3.8, 4) is 0 Å². The first-order valence-electron chi connectivity index (χ1n) is 3.26. The van der Waals surface area contributed by atoms with Crippen LogP contribution < -0.4 is 10.7 Å². The van der Waals surface area contributed by atoms with E-state index in [1.165, 1.54) is 0 Å². The van der Waals surface area contributed by atoms with E-state index in [0.29, 0.717) is 0 Å². The Morgan fingerprint density at radius 2 is 2.70 bits per heavy atom. The van der Waals surface area contributed by atoms with Crippen LogP contribution in [-0.2, 0) is 0 Å². The lowest BCUT2D eigenvalue weighted by atomic mass is 10.4.